The Morgan fingerprint density at radius 3 is 2.34 bits per heavy atom. The molecular formula is C26H29FN6O4S. The van der Waals surface area contributed by atoms with E-state index in [0.717, 1.165) is 18.5 Å². The van der Waals surface area contributed by atoms with Gasteiger partial charge in [0.25, 0.3) is 11.8 Å². The number of carbonyl (C=O) groups excluding carboxylic acids is 3. The van der Waals surface area contributed by atoms with Gasteiger partial charge < -0.3 is 26.4 Å². The fourth-order valence-electron chi connectivity index (χ4n) is 4.21. The van der Waals surface area contributed by atoms with E-state index in [1.807, 2.05) is 31.1 Å². The molecule has 0 saturated carbocycles. The van der Waals surface area contributed by atoms with Gasteiger partial charge in [-0.25, -0.2) is 4.39 Å². The van der Waals surface area contributed by atoms with Crippen molar-refractivity contribution in [3.05, 3.63) is 70.5 Å². The Kier molecular flexibility index (Phi) is 8.23. The zero-order chi connectivity index (χ0) is 27.4. The lowest BCUT2D eigenvalue weighted by atomic mass is 10.0. The van der Waals surface area contributed by atoms with E-state index in [0.29, 0.717) is 23.7 Å². The highest BCUT2D eigenvalue weighted by Gasteiger charge is 2.36. The van der Waals surface area contributed by atoms with Gasteiger partial charge in [0.15, 0.2) is 5.69 Å². The lowest BCUT2D eigenvalue weighted by molar-refractivity contribution is -0.123. The highest BCUT2D eigenvalue weighted by molar-refractivity contribution is 7.09. The minimum atomic E-state index is -1.16. The number of hydrogen-bond acceptors (Lipinski definition) is 8. The predicted octanol–water partition coefficient (Wildman–Crippen LogP) is 2.71. The zero-order valence-electron chi connectivity index (χ0n) is 21.0. The van der Waals surface area contributed by atoms with E-state index in [1.165, 1.54) is 29.2 Å². The first-order valence-electron chi connectivity index (χ1n) is 12.0. The standard InChI is InChI=1S/C26H29FN6O4S/c1-32(2)17-9-5-15(6-10-17)22(25(35)30-14-19-4-3-13-37-19)33(18-11-7-16(27)8-12-18)26(36)23-20(28)21(24(29)34)31-38-23/h5-12,19,22H,3-4,13-14,28H2,1-2H3,(H2,29,34)(H,30,35)/t19-,22-/m0/s1. The Bertz CT molecular complexity index is 1310. The van der Waals surface area contributed by atoms with Crippen LogP contribution in [0.4, 0.5) is 21.5 Å². The van der Waals surface area contributed by atoms with Gasteiger partial charge in [0.2, 0.25) is 5.91 Å². The van der Waals surface area contributed by atoms with Crippen LogP contribution in [0.1, 0.15) is 44.6 Å². The van der Waals surface area contributed by atoms with Crippen molar-refractivity contribution in [3.8, 4) is 0 Å². The molecule has 4 rings (SSSR count). The first kappa shape index (κ1) is 27.0. The number of nitrogen functional groups attached to an aromatic ring is 1. The fraction of sp³-hybridized carbons (Fsp3) is 0.308. The first-order valence-corrected chi connectivity index (χ1v) is 12.8. The molecule has 0 unspecified atom stereocenters. The molecule has 1 aromatic heterocycles. The van der Waals surface area contributed by atoms with Crippen LogP contribution in [0.2, 0.25) is 0 Å². The second-order valence-electron chi connectivity index (χ2n) is 9.06. The van der Waals surface area contributed by atoms with Gasteiger partial charge >= 0.3 is 0 Å². The first-order chi connectivity index (χ1) is 18.2. The lowest BCUT2D eigenvalue weighted by Gasteiger charge is -2.32. The average molecular weight is 541 g/mol. The number of amides is 3. The summed E-state index contributed by atoms with van der Waals surface area (Å²) in [7, 11) is 3.77. The fourth-order valence-corrected chi connectivity index (χ4v) is 4.96. The van der Waals surface area contributed by atoms with Crippen LogP contribution in [-0.4, -0.2) is 55.4 Å². The van der Waals surface area contributed by atoms with E-state index in [2.05, 4.69) is 9.69 Å². The molecule has 2 aromatic carbocycles. The molecule has 3 amide bonds. The van der Waals surface area contributed by atoms with Crippen LogP contribution < -0.4 is 26.6 Å². The van der Waals surface area contributed by atoms with E-state index >= 15 is 0 Å². The number of aromatic nitrogens is 1. The molecule has 10 nitrogen and oxygen atoms in total. The Labute approximate surface area is 223 Å². The zero-order valence-corrected chi connectivity index (χ0v) is 21.8. The van der Waals surface area contributed by atoms with E-state index in [9.17, 15) is 18.8 Å². The van der Waals surface area contributed by atoms with Crippen LogP contribution in [0, 0.1) is 5.82 Å². The van der Waals surface area contributed by atoms with Gasteiger partial charge in [0.05, 0.1) is 11.8 Å². The topological polar surface area (TPSA) is 144 Å². The van der Waals surface area contributed by atoms with Crippen molar-refractivity contribution in [3.63, 3.8) is 0 Å². The second-order valence-corrected chi connectivity index (χ2v) is 9.83. The third-order valence-corrected chi connectivity index (χ3v) is 7.09. The van der Waals surface area contributed by atoms with Crippen molar-refractivity contribution in [1.29, 1.82) is 0 Å². The molecule has 0 radical (unpaired) electrons. The smallest absolute Gasteiger partial charge is 0.273 e. The summed E-state index contributed by atoms with van der Waals surface area (Å²) in [5, 5.41) is 2.91. The minimum absolute atomic E-state index is 0.0648. The maximum Gasteiger partial charge on any atom is 0.273 e. The molecule has 2 atom stereocenters. The van der Waals surface area contributed by atoms with Crippen molar-refractivity contribution in [2.45, 2.75) is 25.0 Å². The largest absolute Gasteiger partial charge is 0.395 e. The summed E-state index contributed by atoms with van der Waals surface area (Å²) in [5.74, 6) is -2.54. The van der Waals surface area contributed by atoms with Crippen molar-refractivity contribution in [2.24, 2.45) is 5.73 Å². The predicted molar refractivity (Wildman–Crippen MR) is 144 cm³/mol. The van der Waals surface area contributed by atoms with Crippen LogP contribution >= 0.6 is 11.5 Å². The minimum Gasteiger partial charge on any atom is -0.395 e. The Balaban J connectivity index is 1.81. The van der Waals surface area contributed by atoms with E-state index in [1.54, 1.807) is 12.1 Å². The Morgan fingerprint density at radius 1 is 1.13 bits per heavy atom. The SMILES string of the molecule is CN(C)c1ccc([C@@H](C(=O)NC[C@@H]2CCCO2)N(C(=O)c2snc(C(N)=O)c2N)c2ccc(F)cc2)cc1. The molecule has 12 heteroatoms. The highest BCUT2D eigenvalue weighted by Crippen LogP contribution is 2.34. The van der Waals surface area contributed by atoms with Gasteiger partial charge in [-0.3, -0.25) is 19.3 Å². The highest BCUT2D eigenvalue weighted by atomic mass is 32.1. The summed E-state index contributed by atoms with van der Waals surface area (Å²) in [6, 6.07) is 11.2. The van der Waals surface area contributed by atoms with E-state index < -0.39 is 29.6 Å². The van der Waals surface area contributed by atoms with Crippen LogP contribution in [-0.2, 0) is 9.53 Å². The summed E-state index contributed by atoms with van der Waals surface area (Å²) in [6.45, 7) is 0.897. The molecule has 1 aliphatic heterocycles. The third kappa shape index (κ3) is 5.76. The van der Waals surface area contributed by atoms with Crippen LogP contribution in [0.3, 0.4) is 0 Å². The van der Waals surface area contributed by atoms with Crippen LogP contribution in [0.5, 0.6) is 0 Å². The van der Waals surface area contributed by atoms with Crippen LogP contribution in [0.25, 0.3) is 0 Å². The number of primary amides is 1. The number of rotatable bonds is 9. The molecule has 3 aromatic rings. The number of nitrogens with two attached hydrogens (primary N) is 2. The van der Waals surface area contributed by atoms with Gasteiger partial charge in [-0.05, 0) is 66.3 Å². The Morgan fingerprint density at radius 2 is 1.79 bits per heavy atom. The normalized spacial score (nSPS) is 15.6. The molecule has 2 heterocycles. The molecule has 0 bridgehead atoms. The maximum absolute atomic E-state index is 14.0. The van der Waals surface area contributed by atoms with E-state index in [4.69, 9.17) is 16.2 Å². The number of nitrogens with zero attached hydrogens (tertiary/aromatic N) is 3. The maximum atomic E-state index is 14.0. The van der Waals surface area contributed by atoms with Crippen molar-refractivity contribution < 1.29 is 23.5 Å². The van der Waals surface area contributed by atoms with Gasteiger partial charge in [-0.1, -0.05) is 12.1 Å². The molecule has 38 heavy (non-hydrogen) atoms. The average Bonchev–Trinajstić information content (AvgIpc) is 3.56. The van der Waals surface area contributed by atoms with Gasteiger partial charge in [0.1, 0.15) is 16.7 Å². The molecule has 5 N–H and O–H groups in total. The number of nitrogens with one attached hydrogen (secondary N) is 1. The van der Waals surface area contributed by atoms with Gasteiger partial charge in [0, 0.05) is 38.6 Å². The van der Waals surface area contributed by atoms with Gasteiger partial charge in [-0.15, -0.1) is 0 Å². The number of carbonyl (C=O) groups is 3. The molecule has 0 spiro atoms. The number of halogens is 1. The van der Waals surface area contributed by atoms with E-state index in [-0.39, 0.29) is 34.6 Å². The van der Waals surface area contributed by atoms with Crippen molar-refractivity contribution in [2.75, 3.05) is 42.8 Å². The third-order valence-electron chi connectivity index (χ3n) is 6.24. The van der Waals surface area contributed by atoms with Crippen molar-refractivity contribution in [1.82, 2.24) is 9.69 Å². The molecule has 1 aliphatic rings. The molecule has 0 aliphatic carbocycles. The molecule has 1 fully saturated rings. The van der Waals surface area contributed by atoms with Gasteiger partial charge in [-0.2, -0.15) is 4.37 Å². The number of benzene rings is 2. The summed E-state index contributed by atoms with van der Waals surface area (Å²) in [4.78, 5) is 42.6. The van der Waals surface area contributed by atoms with Crippen LogP contribution in [0.15, 0.2) is 48.5 Å². The monoisotopic (exact) mass is 540 g/mol. The molecular weight excluding hydrogens is 511 g/mol. The Hall–Kier alpha value is -4.03. The number of anilines is 3. The summed E-state index contributed by atoms with van der Waals surface area (Å²) in [6.07, 6.45) is 1.60. The lowest BCUT2D eigenvalue weighted by Crippen LogP contribution is -2.45. The quantitative estimate of drug-likeness (QED) is 0.379. The second kappa shape index (κ2) is 11.6. The van der Waals surface area contributed by atoms with Crippen molar-refractivity contribution >= 4 is 46.3 Å². The summed E-state index contributed by atoms with van der Waals surface area (Å²) >= 11 is 0.704. The summed E-state index contributed by atoms with van der Waals surface area (Å²) in [5.41, 5.74) is 12.7. The number of hydrogen-bond donors (Lipinski definition) is 3. The summed E-state index contributed by atoms with van der Waals surface area (Å²) < 4.78 is 23.4. The molecule has 1 saturated heterocycles. The number of ether oxygens (including phenoxy) is 1. The molecule has 200 valence electrons.